The van der Waals surface area contributed by atoms with Crippen molar-refractivity contribution >= 4 is 49.7 Å². The van der Waals surface area contributed by atoms with Gasteiger partial charge in [-0.3, -0.25) is 13.9 Å². The van der Waals surface area contributed by atoms with Gasteiger partial charge in [-0.1, -0.05) is 70.0 Å². The molecule has 0 aliphatic rings. The number of nitrogens with one attached hydrogen (secondary N) is 2. The lowest BCUT2D eigenvalue weighted by Crippen LogP contribution is -2.39. The van der Waals surface area contributed by atoms with E-state index in [1.807, 2.05) is 37.3 Å². The Morgan fingerprint density at radius 1 is 0.905 bits per heavy atom. The first-order chi connectivity index (χ1) is 20.2. The SMILES string of the molecule is Cc1ccc(S(=O)(=O)N(CC(=O)N/N=C\c2ccc(OCC(=O)NCc3ccccc3)cc2)c2cccc(Br)c2)cc1. The molecule has 11 heteroatoms. The maximum absolute atomic E-state index is 13.5. The van der Waals surface area contributed by atoms with Gasteiger partial charge in [0, 0.05) is 11.0 Å². The second kappa shape index (κ2) is 14.4. The molecule has 0 bridgehead atoms. The Kier molecular flexibility index (Phi) is 10.5. The maximum Gasteiger partial charge on any atom is 0.264 e. The highest BCUT2D eigenvalue weighted by molar-refractivity contribution is 9.10. The summed E-state index contributed by atoms with van der Waals surface area (Å²) in [6.45, 7) is 1.67. The minimum atomic E-state index is -4.04. The summed E-state index contributed by atoms with van der Waals surface area (Å²) in [5.41, 5.74) is 5.29. The summed E-state index contributed by atoms with van der Waals surface area (Å²) in [4.78, 5) is 24.9. The number of hydrogen-bond acceptors (Lipinski definition) is 6. The third-order valence-electron chi connectivity index (χ3n) is 5.98. The number of carbonyl (C=O) groups excluding carboxylic acids is 2. The number of amides is 2. The molecule has 4 rings (SSSR count). The summed E-state index contributed by atoms with van der Waals surface area (Å²) in [7, 11) is -4.04. The van der Waals surface area contributed by atoms with Gasteiger partial charge < -0.3 is 10.1 Å². The highest BCUT2D eigenvalue weighted by Crippen LogP contribution is 2.26. The van der Waals surface area contributed by atoms with Crippen molar-refractivity contribution in [3.63, 3.8) is 0 Å². The van der Waals surface area contributed by atoms with E-state index in [4.69, 9.17) is 4.74 Å². The zero-order valence-corrected chi connectivity index (χ0v) is 25.1. The molecule has 0 aromatic heterocycles. The Labute approximate surface area is 253 Å². The maximum atomic E-state index is 13.5. The molecular formula is C31H29BrN4O5S. The molecule has 0 fully saturated rings. The smallest absolute Gasteiger partial charge is 0.264 e. The predicted octanol–water partition coefficient (Wildman–Crippen LogP) is 4.80. The minimum Gasteiger partial charge on any atom is -0.484 e. The van der Waals surface area contributed by atoms with Gasteiger partial charge in [-0.2, -0.15) is 5.10 Å². The first-order valence-electron chi connectivity index (χ1n) is 12.9. The van der Waals surface area contributed by atoms with E-state index in [2.05, 4.69) is 31.8 Å². The average Bonchev–Trinajstić information content (AvgIpc) is 2.99. The molecule has 42 heavy (non-hydrogen) atoms. The summed E-state index contributed by atoms with van der Waals surface area (Å²) in [5.74, 6) is -0.367. The largest absolute Gasteiger partial charge is 0.484 e. The summed E-state index contributed by atoms with van der Waals surface area (Å²) < 4.78 is 34.2. The van der Waals surface area contributed by atoms with E-state index < -0.39 is 22.5 Å². The van der Waals surface area contributed by atoms with Gasteiger partial charge in [-0.05, 0) is 72.6 Å². The Morgan fingerprint density at radius 3 is 2.31 bits per heavy atom. The number of hydrogen-bond donors (Lipinski definition) is 2. The molecular weight excluding hydrogens is 620 g/mol. The van der Waals surface area contributed by atoms with Crippen molar-refractivity contribution in [2.75, 3.05) is 17.5 Å². The van der Waals surface area contributed by atoms with E-state index in [1.165, 1.54) is 18.3 Å². The number of halogens is 1. The molecule has 0 atom stereocenters. The molecule has 0 saturated heterocycles. The zero-order chi connectivity index (χ0) is 30.0. The second-order valence-electron chi connectivity index (χ2n) is 9.22. The monoisotopic (exact) mass is 648 g/mol. The van der Waals surface area contributed by atoms with E-state index in [9.17, 15) is 18.0 Å². The van der Waals surface area contributed by atoms with Crippen molar-refractivity contribution in [3.8, 4) is 5.75 Å². The van der Waals surface area contributed by atoms with Crippen molar-refractivity contribution in [2.24, 2.45) is 5.10 Å². The van der Waals surface area contributed by atoms with Gasteiger partial charge in [0.05, 0.1) is 16.8 Å². The van der Waals surface area contributed by atoms with E-state index in [-0.39, 0.29) is 17.4 Å². The van der Waals surface area contributed by atoms with Crippen molar-refractivity contribution in [1.82, 2.24) is 10.7 Å². The van der Waals surface area contributed by atoms with Crippen LogP contribution in [0.25, 0.3) is 0 Å². The van der Waals surface area contributed by atoms with Crippen molar-refractivity contribution in [2.45, 2.75) is 18.4 Å². The molecule has 0 aliphatic heterocycles. The molecule has 0 saturated carbocycles. The van der Waals surface area contributed by atoms with Gasteiger partial charge in [0.2, 0.25) is 0 Å². The number of rotatable bonds is 12. The summed E-state index contributed by atoms with van der Waals surface area (Å²) in [6, 6.07) is 29.5. The fourth-order valence-electron chi connectivity index (χ4n) is 3.77. The van der Waals surface area contributed by atoms with Crippen LogP contribution in [0.5, 0.6) is 5.75 Å². The fourth-order valence-corrected chi connectivity index (χ4v) is 5.57. The Bertz CT molecular complexity index is 1650. The molecule has 0 spiro atoms. The lowest BCUT2D eigenvalue weighted by atomic mass is 10.2. The predicted molar refractivity (Wildman–Crippen MR) is 166 cm³/mol. The highest BCUT2D eigenvalue weighted by Gasteiger charge is 2.27. The standard InChI is InChI=1S/C31H29BrN4O5S/c1-23-10-16-29(17-11-23)42(39,40)36(27-9-5-8-26(32)18-27)21-30(37)35-34-20-25-12-14-28(15-13-25)41-22-31(38)33-19-24-6-3-2-4-7-24/h2-18,20H,19,21-22H2,1H3,(H,33,38)(H,35,37)/b34-20-. The van der Waals surface area contributed by atoms with Crippen molar-refractivity contribution in [3.05, 3.63) is 124 Å². The lowest BCUT2D eigenvalue weighted by molar-refractivity contribution is -0.123. The molecule has 216 valence electrons. The first kappa shape index (κ1) is 30.5. The van der Waals surface area contributed by atoms with Crippen LogP contribution in [0.3, 0.4) is 0 Å². The van der Waals surface area contributed by atoms with Crippen molar-refractivity contribution in [1.29, 1.82) is 0 Å². The number of sulfonamides is 1. The normalized spacial score (nSPS) is 11.2. The Morgan fingerprint density at radius 2 is 1.62 bits per heavy atom. The average molecular weight is 650 g/mol. The highest BCUT2D eigenvalue weighted by atomic mass is 79.9. The van der Waals surface area contributed by atoms with Gasteiger partial charge in [-0.25, -0.2) is 13.8 Å². The van der Waals surface area contributed by atoms with E-state index in [0.29, 0.717) is 28.0 Å². The van der Waals surface area contributed by atoms with Crippen LogP contribution in [-0.2, 0) is 26.2 Å². The topological polar surface area (TPSA) is 117 Å². The molecule has 0 aliphatic carbocycles. The van der Waals surface area contributed by atoms with Gasteiger partial charge >= 0.3 is 0 Å². The zero-order valence-electron chi connectivity index (χ0n) is 22.7. The third-order valence-corrected chi connectivity index (χ3v) is 8.26. The van der Waals surface area contributed by atoms with Crippen LogP contribution in [-0.4, -0.2) is 39.6 Å². The van der Waals surface area contributed by atoms with Gasteiger partial charge in [-0.15, -0.1) is 0 Å². The van der Waals surface area contributed by atoms with Crippen molar-refractivity contribution < 1.29 is 22.7 Å². The minimum absolute atomic E-state index is 0.0698. The van der Waals surface area contributed by atoms with Crippen LogP contribution in [0, 0.1) is 6.92 Å². The summed E-state index contributed by atoms with van der Waals surface area (Å²) in [6.07, 6.45) is 1.42. The van der Waals surface area contributed by atoms with Crippen LogP contribution in [0.4, 0.5) is 5.69 Å². The van der Waals surface area contributed by atoms with Crippen LogP contribution in [0.1, 0.15) is 16.7 Å². The molecule has 4 aromatic rings. The first-order valence-corrected chi connectivity index (χ1v) is 15.1. The summed E-state index contributed by atoms with van der Waals surface area (Å²) in [5, 5.41) is 6.77. The van der Waals surface area contributed by atoms with Crippen LogP contribution < -0.4 is 19.8 Å². The van der Waals surface area contributed by atoms with Gasteiger partial charge in [0.25, 0.3) is 21.8 Å². The molecule has 4 aromatic carbocycles. The summed E-state index contributed by atoms with van der Waals surface area (Å²) >= 11 is 3.36. The molecule has 0 unspecified atom stereocenters. The van der Waals surface area contributed by atoms with E-state index >= 15 is 0 Å². The van der Waals surface area contributed by atoms with Crippen LogP contribution in [0.15, 0.2) is 118 Å². The molecule has 2 N–H and O–H groups in total. The van der Waals surface area contributed by atoms with Gasteiger partial charge in [0.15, 0.2) is 6.61 Å². The quantitative estimate of drug-likeness (QED) is 0.169. The number of carbonyl (C=O) groups is 2. The number of nitrogens with zero attached hydrogens (tertiary/aromatic N) is 2. The van der Waals surface area contributed by atoms with Crippen LogP contribution >= 0.6 is 15.9 Å². The number of hydrazone groups is 1. The second-order valence-corrected chi connectivity index (χ2v) is 12.0. The molecule has 2 amide bonds. The molecule has 0 radical (unpaired) electrons. The number of aryl methyl sites for hydroxylation is 1. The van der Waals surface area contributed by atoms with Crippen LogP contribution in [0.2, 0.25) is 0 Å². The fraction of sp³-hybridized carbons (Fsp3) is 0.129. The molecule has 9 nitrogen and oxygen atoms in total. The number of ether oxygens (including phenoxy) is 1. The molecule has 0 heterocycles. The number of benzene rings is 4. The third kappa shape index (κ3) is 8.76. The van der Waals surface area contributed by atoms with E-state index in [1.54, 1.807) is 60.7 Å². The van der Waals surface area contributed by atoms with E-state index in [0.717, 1.165) is 15.4 Å². The lowest BCUT2D eigenvalue weighted by Gasteiger charge is -2.24. The van der Waals surface area contributed by atoms with Gasteiger partial charge in [0.1, 0.15) is 12.3 Å². The Hall–Kier alpha value is -4.48. The Balaban J connectivity index is 1.33. The number of anilines is 1.